The molecule has 36 heavy (non-hydrogen) atoms. The molecule has 2 heterocycles. The van der Waals surface area contributed by atoms with E-state index in [-0.39, 0.29) is 12.5 Å². The lowest BCUT2D eigenvalue weighted by Crippen LogP contribution is -2.50. The minimum atomic E-state index is -0.818. The molecule has 1 aliphatic heterocycles. The van der Waals surface area contributed by atoms with E-state index in [4.69, 9.17) is 10.2 Å². The third kappa shape index (κ3) is 5.86. The van der Waals surface area contributed by atoms with E-state index in [1.54, 1.807) is 11.3 Å². The van der Waals surface area contributed by atoms with Gasteiger partial charge in [0.05, 0.1) is 11.8 Å². The van der Waals surface area contributed by atoms with E-state index >= 15 is 0 Å². The van der Waals surface area contributed by atoms with Crippen molar-refractivity contribution in [1.82, 2.24) is 15.2 Å². The molecule has 0 saturated carbocycles. The van der Waals surface area contributed by atoms with Gasteiger partial charge in [-0.05, 0) is 32.0 Å². The molecule has 0 radical (unpaired) electrons. The number of carbonyl (C=O) groups excluding carboxylic acids is 1. The van der Waals surface area contributed by atoms with Crippen molar-refractivity contribution >= 4 is 28.1 Å². The topological polar surface area (TPSA) is 84.3 Å². The second-order valence-corrected chi connectivity index (χ2v) is 10.3. The fourth-order valence-corrected chi connectivity index (χ4v) is 5.44. The number of nitrogens with zero attached hydrogens (tertiary/aromatic N) is 4. The van der Waals surface area contributed by atoms with Crippen molar-refractivity contribution in [3.8, 4) is 28.5 Å². The highest BCUT2D eigenvalue weighted by molar-refractivity contribution is 7.14. The molecule has 188 valence electrons. The Hall–Kier alpha value is -3.41. The number of nitriles is 1. The summed E-state index contributed by atoms with van der Waals surface area (Å²) < 4.78 is 0. The summed E-state index contributed by atoms with van der Waals surface area (Å²) in [5.74, 6) is -0.171. The van der Waals surface area contributed by atoms with Gasteiger partial charge in [0.1, 0.15) is 12.1 Å². The number of rotatable bonds is 9. The Bertz CT molecular complexity index is 1210. The van der Waals surface area contributed by atoms with Gasteiger partial charge in [0.15, 0.2) is 5.13 Å². The van der Waals surface area contributed by atoms with Crippen LogP contribution in [-0.2, 0) is 4.79 Å². The van der Waals surface area contributed by atoms with E-state index < -0.39 is 5.54 Å². The molecule has 1 fully saturated rings. The maximum absolute atomic E-state index is 12.9. The second-order valence-electron chi connectivity index (χ2n) is 9.48. The Balaban J connectivity index is 1.53. The lowest BCUT2D eigenvalue weighted by molar-refractivity contribution is -0.125. The highest BCUT2D eigenvalue weighted by Crippen LogP contribution is 2.34. The van der Waals surface area contributed by atoms with Gasteiger partial charge in [-0.2, -0.15) is 5.26 Å². The number of thiazole rings is 1. The van der Waals surface area contributed by atoms with E-state index in [1.165, 1.54) is 0 Å². The number of hydrogen-bond donors (Lipinski definition) is 2. The zero-order chi connectivity index (χ0) is 25.5. The molecular weight excluding hydrogens is 468 g/mol. The monoisotopic (exact) mass is 502 g/mol. The Labute approximate surface area is 217 Å². The third-order valence-electron chi connectivity index (χ3n) is 6.67. The Morgan fingerprint density at radius 2 is 1.81 bits per heavy atom. The number of amides is 1. The SMILES string of the molecule is CCC[C@](C)(Nc1ccccc1-c1ccc(-c2csc(N3CCN(C)CC3)n2)cc1)C(=O)NCC#N. The first kappa shape index (κ1) is 25.7. The van der Waals surface area contributed by atoms with Crippen molar-refractivity contribution in [3.63, 3.8) is 0 Å². The molecule has 7 nitrogen and oxygen atoms in total. The van der Waals surface area contributed by atoms with Crippen LogP contribution in [0.4, 0.5) is 10.8 Å². The van der Waals surface area contributed by atoms with Crippen LogP contribution in [0.15, 0.2) is 53.9 Å². The minimum absolute atomic E-state index is 0.00390. The number of carbonyl (C=O) groups is 1. The van der Waals surface area contributed by atoms with Gasteiger partial charge in [0.2, 0.25) is 5.91 Å². The molecule has 1 atom stereocenters. The first-order valence-electron chi connectivity index (χ1n) is 12.5. The number of anilines is 2. The molecule has 4 rings (SSSR count). The molecule has 1 aromatic heterocycles. The van der Waals surface area contributed by atoms with Crippen LogP contribution in [0.2, 0.25) is 0 Å². The quantitative estimate of drug-likeness (QED) is 0.408. The van der Waals surface area contributed by atoms with Crippen LogP contribution < -0.4 is 15.5 Å². The van der Waals surface area contributed by atoms with E-state index in [9.17, 15) is 4.79 Å². The van der Waals surface area contributed by atoms with E-state index in [2.05, 4.69) is 70.1 Å². The highest BCUT2D eigenvalue weighted by Gasteiger charge is 2.32. The number of aromatic nitrogens is 1. The molecule has 1 amide bonds. The van der Waals surface area contributed by atoms with E-state index in [0.717, 1.165) is 65.8 Å². The molecular formula is C28H34N6OS. The zero-order valence-electron chi connectivity index (χ0n) is 21.3. The number of benzene rings is 2. The van der Waals surface area contributed by atoms with Gasteiger partial charge < -0.3 is 20.4 Å². The summed E-state index contributed by atoms with van der Waals surface area (Å²) in [7, 11) is 2.16. The minimum Gasteiger partial charge on any atom is -0.371 e. The van der Waals surface area contributed by atoms with Gasteiger partial charge in [0, 0.05) is 48.4 Å². The van der Waals surface area contributed by atoms with Crippen LogP contribution in [0.3, 0.4) is 0 Å². The number of hydrogen-bond acceptors (Lipinski definition) is 7. The van der Waals surface area contributed by atoms with Crippen LogP contribution in [0.5, 0.6) is 0 Å². The summed E-state index contributed by atoms with van der Waals surface area (Å²) in [6.45, 7) is 8.09. The van der Waals surface area contributed by atoms with Crippen LogP contribution in [0.25, 0.3) is 22.4 Å². The fourth-order valence-electron chi connectivity index (χ4n) is 4.55. The predicted molar refractivity (Wildman–Crippen MR) is 148 cm³/mol. The van der Waals surface area contributed by atoms with Crippen molar-refractivity contribution < 1.29 is 4.79 Å². The lowest BCUT2D eigenvalue weighted by atomic mass is 9.93. The van der Waals surface area contributed by atoms with Gasteiger partial charge >= 0.3 is 0 Å². The van der Waals surface area contributed by atoms with E-state index in [0.29, 0.717) is 6.42 Å². The van der Waals surface area contributed by atoms with Gasteiger partial charge in [-0.25, -0.2) is 4.98 Å². The maximum atomic E-state index is 12.9. The molecule has 1 saturated heterocycles. The molecule has 8 heteroatoms. The van der Waals surface area contributed by atoms with Gasteiger partial charge in [-0.3, -0.25) is 4.79 Å². The lowest BCUT2D eigenvalue weighted by Gasteiger charge is -2.32. The van der Waals surface area contributed by atoms with Gasteiger partial charge in [-0.1, -0.05) is 55.8 Å². The Kier molecular flexibility index (Phi) is 8.24. The molecule has 1 aliphatic rings. The standard InChI is InChI=1S/C28H34N6OS/c1-4-13-28(2,26(35)30-15-14-29)32-24-8-6-5-7-23(24)21-9-11-22(12-10-21)25-20-36-27(31-25)34-18-16-33(3)17-19-34/h5-12,20,32H,4,13,15-19H2,1-3H3,(H,30,35)/t28-/m0/s1. The largest absolute Gasteiger partial charge is 0.371 e. The van der Waals surface area contributed by atoms with Crippen molar-refractivity contribution in [2.75, 3.05) is 50.0 Å². The number of nitrogens with one attached hydrogen (secondary N) is 2. The van der Waals surface area contributed by atoms with Crippen molar-refractivity contribution in [3.05, 3.63) is 53.9 Å². The highest BCUT2D eigenvalue weighted by atomic mass is 32.1. The summed E-state index contributed by atoms with van der Waals surface area (Å²) in [6, 6.07) is 18.5. The summed E-state index contributed by atoms with van der Waals surface area (Å²) in [5.41, 5.74) is 4.24. The van der Waals surface area contributed by atoms with Crippen LogP contribution in [-0.4, -0.2) is 61.1 Å². The molecule has 2 aromatic carbocycles. The Morgan fingerprint density at radius 3 is 2.50 bits per heavy atom. The number of para-hydroxylation sites is 1. The summed E-state index contributed by atoms with van der Waals surface area (Å²) >= 11 is 1.70. The smallest absolute Gasteiger partial charge is 0.246 e. The van der Waals surface area contributed by atoms with Crippen LogP contribution in [0.1, 0.15) is 26.7 Å². The van der Waals surface area contributed by atoms with E-state index in [1.807, 2.05) is 31.2 Å². The first-order valence-corrected chi connectivity index (χ1v) is 13.3. The summed E-state index contributed by atoms with van der Waals surface area (Å²) in [5, 5.41) is 18.3. The van der Waals surface area contributed by atoms with Crippen LogP contribution >= 0.6 is 11.3 Å². The molecule has 0 spiro atoms. The second kappa shape index (κ2) is 11.5. The summed E-state index contributed by atoms with van der Waals surface area (Å²) in [6.07, 6.45) is 1.49. The van der Waals surface area contributed by atoms with Crippen molar-refractivity contribution in [2.45, 2.75) is 32.2 Å². The first-order chi connectivity index (χ1) is 17.4. The average molecular weight is 503 g/mol. The average Bonchev–Trinajstić information content (AvgIpc) is 3.38. The molecule has 0 bridgehead atoms. The fraction of sp³-hybridized carbons (Fsp3) is 0.393. The zero-order valence-corrected chi connectivity index (χ0v) is 22.1. The van der Waals surface area contributed by atoms with Crippen LogP contribution in [0, 0.1) is 11.3 Å². The summed E-state index contributed by atoms with van der Waals surface area (Å²) in [4.78, 5) is 22.5. The van der Waals surface area contributed by atoms with Crippen molar-refractivity contribution in [2.24, 2.45) is 0 Å². The van der Waals surface area contributed by atoms with Crippen molar-refractivity contribution in [1.29, 1.82) is 5.26 Å². The van der Waals surface area contributed by atoms with Gasteiger partial charge in [-0.15, -0.1) is 11.3 Å². The molecule has 3 aromatic rings. The predicted octanol–water partition coefficient (Wildman–Crippen LogP) is 4.84. The molecule has 2 N–H and O–H groups in total. The third-order valence-corrected chi connectivity index (χ3v) is 7.58. The van der Waals surface area contributed by atoms with Gasteiger partial charge in [0.25, 0.3) is 0 Å². The Morgan fingerprint density at radius 1 is 1.11 bits per heavy atom. The normalized spacial score (nSPS) is 15.7. The molecule has 0 aliphatic carbocycles. The number of piperazine rings is 1. The maximum Gasteiger partial charge on any atom is 0.246 e. The molecule has 0 unspecified atom stereocenters. The number of likely N-dealkylation sites (N-methyl/N-ethyl adjacent to an activating group) is 1.